The van der Waals surface area contributed by atoms with Crippen LogP contribution in [0, 0.1) is 5.92 Å². The third kappa shape index (κ3) is 3.13. The molecule has 0 bridgehead atoms. The summed E-state index contributed by atoms with van der Waals surface area (Å²) in [6, 6.07) is 0. The molecule has 1 atom stereocenters. The van der Waals surface area contributed by atoms with E-state index in [4.69, 9.17) is 9.84 Å². The molecule has 1 unspecified atom stereocenters. The second-order valence-corrected chi connectivity index (χ2v) is 5.18. The predicted octanol–water partition coefficient (Wildman–Crippen LogP) is 0.686. The molecule has 1 aromatic rings. The first-order valence-corrected chi connectivity index (χ1v) is 7.02. The van der Waals surface area contributed by atoms with E-state index in [0.717, 1.165) is 0 Å². The molecule has 8 heteroatoms. The molecule has 1 aromatic heterocycles. The van der Waals surface area contributed by atoms with Crippen molar-refractivity contribution in [3.8, 4) is 0 Å². The van der Waals surface area contributed by atoms with Gasteiger partial charge in [-0.25, -0.2) is 4.98 Å². The van der Waals surface area contributed by atoms with Gasteiger partial charge in [0.25, 0.3) is 0 Å². The van der Waals surface area contributed by atoms with Gasteiger partial charge in [0.2, 0.25) is 5.91 Å². The number of aromatic nitrogens is 1. The van der Waals surface area contributed by atoms with E-state index in [1.54, 1.807) is 12.3 Å². The van der Waals surface area contributed by atoms with Crippen LogP contribution in [0.1, 0.15) is 19.0 Å². The van der Waals surface area contributed by atoms with Crippen molar-refractivity contribution in [1.82, 2.24) is 4.98 Å². The number of esters is 1. The van der Waals surface area contributed by atoms with Crippen LogP contribution in [-0.2, 0) is 25.5 Å². The number of anilines is 1. The maximum absolute atomic E-state index is 11.8. The molecule has 1 N–H and O–H groups in total. The normalized spacial score (nSPS) is 18.4. The molecule has 2 heterocycles. The van der Waals surface area contributed by atoms with Gasteiger partial charge in [0, 0.05) is 18.3 Å². The molecule has 1 saturated heterocycles. The van der Waals surface area contributed by atoms with Crippen molar-refractivity contribution in [3.63, 3.8) is 0 Å². The van der Waals surface area contributed by atoms with Gasteiger partial charge in [-0.15, -0.1) is 11.3 Å². The number of thiazole rings is 1. The molecule has 1 fully saturated rings. The van der Waals surface area contributed by atoms with Gasteiger partial charge in [-0.05, 0) is 6.92 Å². The molecule has 0 aliphatic carbocycles. The molecule has 0 aromatic carbocycles. The topological polar surface area (TPSA) is 96.8 Å². The van der Waals surface area contributed by atoms with Gasteiger partial charge >= 0.3 is 11.9 Å². The summed E-state index contributed by atoms with van der Waals surface area (Å²) in [5.74, 6) is -2.31. The number of hydrogen-bond acceptors (Lipinski definition) is 6. The zero-order valence-corrected chi connectivity index (χ0v) is 11.7. The Hall–Kier alpha value is -1.96. The zero-order chi connectivity index (χ0) is 14.7. The molecule has 0 radical (unpaired) electrons. The standard InChI is InChI=1S/C12H14N2O5S/c1-2-19-10(16)4-8-6-20-12(13-8)14-5-7(11(17)18)3-9(14)15/h6-7H,2-5H2,1H3,(H,17,18). The molecule has 2 rings (SSSR count). The number of carboxylic acid groups (broad SMARTS) is 1. The summed E-state index contributed by atoms with van der Waals surface area (Å²) in [6.45, 7) is 2.15. The smallest absolute Gasteiger partial charge is 0.311 e. The van der Waals surface area contributed by atoms with Crippen LogP contribution in [0.3, 0.4) is 0 Å². The van der Waals surface area contributed by atoms with E-state index in [2.05, 4.69) is 4.98 Å². The SMILES string of the molecule is CCOC(=O)Cc1csc(N2CC(C(=O)O)CC2=O)n1. The predicted molar refractivity (Wildman–Crippen MR) is 70.5 cm³/mol. The Balaban J connectivity index is 2.04. The molecule has 1 aliphatic rings. The Bertz CT molecular complexity index is 542. The summed E-state index contributed by atoms with van der Waals surface area (Å²) in [7, 11) is 0. The van der Waals surface area contributed by atoms with Crippen LogP contribution < -0.4 is 4.90 Å². The first kappa shape index (κ1) is 14.4. The van der Waals surface area contributed by atoms with Crippen LogP contribution in [0.2, 0.25) is 0 Å². The Labute approximate surface area is 119 Å². The highest BCUT2D eigenvalue weighted by Gasteiger charge is 2.36. The lowest BCUT2D eigenvalue weighted by molar-refractivity contribution is -0.142. The number of carbonyl (C=O) groups is 3. The van der Waals surface area contributed by atoms with E-state index in [1.165, 1.54) is 16.2 Å². The van der Waals surface area contributed by atoms with Gasteiger partial charge < -0.3 is 9.84 Å². The number of rotatable bonds is 5. The lowest BCUT2D eigenvalue weighted by atomic mass is 10.1. The number of amides is 1. The van der Waals surface area contributed by atoms with E-state index in [-0.39, 0.29) is 31.3 Å². The van der Waals surface area contributed by atoms with Gasteiger partial charge in [0.15, 0.2) is 5.13 Å². The van der Waals surface area contributed by atoms with Crippen molar-refractivity contribution < 1.29 is 24.2 Å². The Kier molecular flexibility index (Phi) is 4.33. The van der Waals surface area contributed by atoms with Crippen LogP contribution in [0.15, 0.2) is 5.38 Å². The van der Waals surface area contributed by atoms with Gasteiger partial charge in [-0.2, -0.15) is 0 Å². The maximum atomic E-state index is 11.8. The van der Waals surface area contributed by atoms with Crippen molar-refractivity contribution in [1.29, 1.82) is 0 Å². The summed E-state index contributed by atoms with van der Waals surface area (Å²) in [6.07, 6.45) is 0.0385. The molecular formula is C12H14N2O5S. The second-order valence-electron chi connectivity index (χ2n) is 4.35. The minimum atomic E-state index is -0.982. The van der Waals surface area contributed by atoms with E-state index in [0.29, 0.717) is 17.4 Å². The first-order valence-electron chi connectivity index (χ1n) is 6.14. The number of carboxylic acids is 1. The minimum Gasteiger partial charge on any atom is -0.481 e. The lowest BCUT2D eigenvalue weighted by Crippen LogP contribution is -2.25. The van der Waals surface area contributed by atoms with E-state index in [9.17, 15) is 14.4 Å². The maximum Gasteiger partial charge on any atom is 0.311 e. The number of aliphatic carboxylic acids is 1. The fourth-order valence-electron chi connectivity index (χ4n) is 1.92. The van der Waals surface area contributed by atoms with Crippen LogP contribution in [0.4, 0.5) is 5.13 Å². The van der Waals surface area contributed by atoms with E-state index < -0.39 is 11.9 Å². The number of hydrogen-bond donors (Lipinski definition) is 1. The average Bonchev–Trinajstić information content (AvgIpc) is 2.96. The highest BCUT2D eigenvalue weighted by Crippen LogP contribution is 2.28. The van der Waals surface area contributed by atoms with Crippen LogP contribution in [0.25, 0.3) is 0 Å². The lowest BCUT2D eigenvalue weighted by Gasteiger charge is -2.11. The molecule has 1 amide bonds. The summed E-state index contributed by atoms with van der Waals surface area (Å²) < 4.78 is 4.82. The van der Waals surface area contributed by atoms with Gasteiger partial charge in [0.1, 0.15) is 0 Å². The fraction of sp³-hybridized carbons (Fsp3) is 0.500. The Morgan fingerprint density at radius 2 is 2.35 bits per heavy atom. The van der Waals surface area contributed by atoms with Gasteiger partial charge in [-0.1, -0.05) is 0 Å². The molecule has 108 valence electrons. The van der Waals surface area contributed by atoms with E-state index in [1.807, 2.05) is 0 Å². The van der Waals surface area contributed by atoms with Gasteiger partial charge in [-0.3, -0.25) is 19.3 Å². The third-order valence-corrected chi connectivity index (χ3v) is 3.79. The van der Waals surface area contributed by atoms with Crippen molar-refractivity contribution >= 4 is 34.3 Å². The van der Waals surface area contributed by atoms with Gasteiger partial charge in [0.05, 0.1) is 24.6 Å². The summed E-state index contributed by atoms with van der Waals surface area (Å²) in [5.41, 5.74) is 0.523. The van der Waals surface area contributed by atoms with Crippen LogP contribution in [0.5, 0.6) is 0 Å². The minimum absolute atomic E-state index is 0.0118. The molecule has 7 nitrogen and oxygen atoms in total. The highest BCUT2D eigenvalue weighted by atomic mass is 32.1. The molecule has 1 aliphatic heterocycles. The molecule has 20 heavy (non-hydrogen) atoms. The molecule has 0 saturated carbocycles. The first-order chi connectivity index (χ1) is 9.51. The van der Waals surface area contributed by atoms with Crippen molar-refractivity contribution in [2.24, 2.45) is 5.92 Å². The van der Waals surface area contributed by atoms with Crippen molar-refractivity contribution in [2.45, 2.75) is 19.8 Å². The highest BCUT2D eigenvalue weighted by molar-refractivity contribution is 7.14. The second kappa shape index (κ2) is 6.00. The quantitative estimate of drug-likeness (QED) is 0.803. The number of carbonyl (C=O) groups excluding carboxylic acids is 2. The average molecular weight is 298 g/mol. The summed E-state index contributed by atoms with van der Waals surface area (Å²) >= 11 is 1.22. The molecule has 0 spiro atoms. The number of ether oxygens (including phenoxy) is 1. The molecular weight excluding hydrogens is 284 g/mol. The monoisotopic (exact) mass is 298 g/mol. The fourth-order valence-corrected chi connectivity index (χ4v) is 2.77. The Morgan fingerprint density at radius 3 is 2.95 bits per heavy atom. The van der Waals surface area contributed by atoms with E-state index >= 15 is 0 Å². The third-order valence-electron chi connectivity index (χ3n) is 2.88. The zero-order valence-electron chi connectivity index (χ0n) is 10.9. The Morgan fingerprint density at radius 1 is 1.60 bits per heavy atom. The largest absolute Gasteiger partial charge is 0.481 e. The number of nitrogens with zero attached hydrogens (tertiary/aromatic N) is 2. The van der Waals surface area contributed by atoms with Crippen LogP contribution in [-0.4, -0.2) is 41.1 Å². The van der Waals surface area contributed by atoms with Crippen molar-refractivity contribution in [2.75, 3.05) is 18.1 Å². The summed E-state index contributed by atoms with van der Waals surface area (Å²) in [5, 5.41) is 11.0. The van der Waals surface area contributed by atoms with Crippen molar-refractivity contribution in [3.05, 3.63) is 11.1 Å². The summed E-state index contributed by atoms with van der Waals surface area (Å²) in [4.78, 5) is 39.5. The van der Waals surface area contributed by atoms with Crippen LogP contribution >= 0.6 is 11.3 Å².